The maximum atomic E-state index is 13.7. The molecule has 2 aromatic carbocycles. The molecule has 7 nitrogen and oxygen atoms in total. The van der Waals surface area contributed by atoms with E-state index in [1.807, 2.05) is 19.2 Å². The van der Waals surface area contributed by atoms with Crippen LogP contribution < -0.4 is 20.1 Å². The van der Waals surface area contributed by atoms with Crippen LogP contribution in [-0.4, -0.2) is 49.9 Å². The molecule has 0 aliphatic heterocycles. The van der Waals surface area contributed by atoms with Crippen molar-refractivity contribution >= 4 is 17.5 Å². The Morgan fingerprint density at radius 3 is 2.58 bits per heavy atom. The van der Waals surface area contributed by atoms with Crippen LogP contribution in [0.4, 0.5) is 4.39 Å². The Kier molecular flexibility index (Phi) is 9.25. The Morgan fingerprint density at radius 1 is 1.14 bits per heavy atom. The number of nitrogens with zero attached hydrogens (tertiary/aromatic N) is 1. The van der Waals surface area contributed by atoms with E-state index in [4.69, 9.17) is 31.2 Å². The largest absolute Gasteiger partial charge is 0.493 e. The van der Waals surface area contributed by atoms with Crippen molar-refractivity contribution in [1.29, 1.82) is 0 Å². The molecule has 36 heavy (non-hydrogen) atoms. The van der Waals surface area contributed by atoms with Gasteiger partial charge in [0.25, 0.3) is 5.91 Å². The van der Waals surface area contributed by atoms with E-state index < -0.39 is 5.82 Å². The molecule has 0 spiro atoms. The van der Waals surface area contributed by atoms with Crippen LogP contribution in [0.1, 0.15) is 35.5 Å². The third-order valence-corrected chi connectivity index (χ3v) is 6.17. The summed E-state index contributed by atoms with van der Waals surface area (Å²) >= 11 is 6.00. The summed E-state index contributed by atoms with van der Waals surface area (Å²) in [6.45, 7) is 4.46. The number of amides is 1. The second-order valence-corrected chi connectivity index (χ2v) is 9.09. The number of aromatic nitrogens is 1. The number of carbonyl (C=O) groups is 1. The molecule has 3 N–H and O–H groups in total. The molecular weight excluding hydrogens is 485 g/mol. The Labute approximate surface area is 215 Å². The molecule has 0 aliphatic carbocycles. The number of carbonyl (C=O) groups excluding carboxylic acids is 1. The van der Waals surface area contributed by atoms with Gasteiger partial charge in [-0.25, -0.2) is 4.39 Å². The number of nitrogens with one attached hydrogen (secondary N) is 2. The highest BCUT2D eigenvalue weighted by molar-refractivity contribution is 6.31. The standard InChI is InChI=1S/C27H31ClFN3O4/c1-27(2,30-3)19-15-20(32-23(16-19)17-5-7-22(29)21(28)13-17)9-10-31-26(34)18-6-8-24(36-12-11-33)25(14-18)35-4/h5-8,13-16,30,33H,9-12H2,1-4H3,(H,31,34). The summed E-state index contributed by atoms with van der Waals surface area (Å²) in [5.74, 6) is 0.103. The van der Waals surface area contributed by atoms with Crippen molar-refractivity contribution in [2.75, 3.05) is 33.9 Å². The molecule has 0 saturated carbocycles. The quantitative estimate of drug-likeness (QED) is 0.351. The third kappa shape index (κ3) is 6.72. The van der Waals surface area contributed by atoms with E-state index in [1.54, 1.807) is 30.3 Å². The van der Waals surface area contributed by atoms with Gasteiger partial charge >= 0.3 is 0 Å². The van der Waals surface area contributed by atoms with Gasteiger partial charge in [0, 0.05) is 35.3 Å². The number of aliphatic hydroxyl groups is 1. The lowest BCUT2D eigenvalue weighted by atomic mass is 9.92. The number of benzene rings is 2. The SMILES string of the molecule is CNC(C)(C)c1cc(CCNC(=O)c2ccc(OCCO)c(OC)c2)nc(-c2ccc(F)c(Cl)c2)c1. The highest BCUT2D eigenvalue weighted by Gasteiger charge is 2.20. The summed E-state index contributed by atoms with van der Waals surface area (Å²) in [7, 11) is 3.36. The van der Waals surface area contributed by atoms with E-state index in [0.717, 1.165) is 11.3 Å². The Hall–Kier alpha value is -3.20. The van der Waals surface area contributed by atoms with Crippen LogP contribution in [0.2, 0.25) is 5.02 Å². The molecule has 0 aliphatic rings. The highest BCUT2D eigenvalue weighted by Crippen LogP contribution is 2.29. The smallest absolute Gasteiger partial charge is 0.251 e. The molecule has 1 amide bonds. The lowest BCUT2D eigenvalue weighted by molar-refractivity contribution is 0.0953. The number of pyridine rings is 1. The van der Waals surface area contributed by atoms with Crippen molar-refractivity contribution in [3.8, 4) is 22.8 Å². The Balaban J connectivity index is 1.78. The molecule has 3 aromatic rings. The first-order valence-corrected chi connectivity index (χ1v) is 11.9. The van der Waals surface area contributed by atoms with Crippen LogP contribution in [0.25, 0.3) is 11.3 Å². The number of methoxy groups -OCH3 is 1. The predicted octanol–water partition coefficient (Wildman–Crippen LogP) is 4.35. The molecule has 1 aromatic heterocycles. The first-order chi connectivity index (χ1) is 17.2. The van der Waals surface area contributed by atoms with E-state index in [1.165, 1.54) is 13.2 Å². The number of hydrogen-bond donors (Lipinski definition) is 3. The molecule has 0 atom stereocenters. The minimum Gasteiger partial charge on any atom is -0.493 e. The fourth-order valence-corrected chi connectivity index (χ4v) is 3.69. The Morgan fingerprint density at radius 2 is 1.92 bits per heavy atom. The topological polar surface area (TPSA) is 92.7 Å². The minimum absolute atomic E-state index is 0.0320. The van der Waals surface area contributed by atoms with Gasteiger partial charge in [-0.15, -0.1) is 0 Å². The molecule has 9 heteroatoms. The number of ether oxygens (including phenoxy) is 2. The first-order valence-electron chi connectivity index (χ1n) is 11.5. The van der Waals surface area contributed by atoms with Crippen LogP contribution in [0.3, 0.4) is 0 Å². The van der Waals surface area contributed by atoms with Crippen molar-refractivity contribution in [3.05, 3.63) is 76.2 Å². The number of hydrogen-bond acceptors (Lipinski definition) is 6. The summed E-state index contributed by atoms with van der Waals surface area (Å²) in [6.07, 6.45) is 0.482. The fourth-order valence-electron chi connectivity index (χ4n) is 3.51. The number of aliphatic hydroxyl groups excluding tert-OH is 1. The Bertz CT molecular complexity index is 1220. The summed E-state index contributed by atoms with van der Waals surface area (Å²) in [5.41, 5.74) is 3.23. The van der Waals surface area contributed by atoms with Gasteiger partial charge in [-0.2, -0.15) is 0 Å². The second kappa shape index (κ2) is 12.2. The van der Waals surface area contributed by atoms with Gasteiger partial charge in [-0.05, 0) is 75.0 Å². The normalized spacial score (nSPS) is 11.3. The zero-order valence-electron chi connectivity index (χ0n) is 20.8. The number of halogens is 2. The maximum absolute atomic E-state index is 13.7. The summed E-state index contributed by atoms with van der Waals surface area (Å²) in [5, 5.41) is 15.2. The molecule has 0 unspecified atom stereocenters. The van der Waals surface area contributed by atoms with Crippen molar-refractivity contribution in [2.24, 2.45) is 0 Å². The zero-order chi connectivity index (χ0) is 26.3. The van der Waals surface area contributed by atoms with Gasteiger partial charge in [-0.1, -0.05) is 11.6 Å². The van der Waals surface area contributed by atoms with Gasteiger partial charge in [0.05, 0.1) is 24.4 Å². The average Bonchev–Trinajstić information content (AvgIpc) is 2.88. The third-order valence-electron chi connectivity index (χ3n) is 5.88. The summed E-state index contributed by atoms with van der Waals surface area (Å²) < 4.78 is 24.4. The lowest BCUT2D eigenvalue weighted by Gasteiger charge is -2.26. The van der Waals surface area contributed by atoms with Gasteiger partial charge in [0.1, 0.15) is 12.4 Å². The summed E-state index contributed by atoms with van der Waals surface area (Å²) in [6, 6.07) is 13.3. The van der Waals surface area contributed by atoms with Gasteiger partial charge in [0.15, 0.2) is 11.5 Å². The van der Waals surface area contributed by atoms with Gasteiger partial charge < -0.3 is 25.2 Å². The molecule has 192 valence electrons. The van der Waals surface area contributed by atoms with E-state index in [2.05, 4.69) is 24.5 Å². The van der Waals surface area contributed by atoms with E-state index in [9.17, 15) is 9.18 Å². The molecule has 0 bridgehead atoms. The van der Waals surface area contributed by atoms with E-state index in [-0.39, 0.29) is 29.7 Å². The van der Waals surface area contributed by atoms with Crippen LogP contribution >= 0.6 is 11.6 Å². The van der Waals surface area contributed by atoms with Crippen LogP contribution in [0.5, 0.6) is 11.5 Å². The molecule has 3 rings (SSSR count). The van der Waals surface area contributed by atoms with Crippen molar-refractivity contribution in [2.45, 2.75) is 25.8 Å². The summed E-state index contributed by atoms with van der Waals surface area (Å²) in [4.78, 5) is 17.5. The van der Waals surface area contributed by atoms with E-state index >= 15 is 0 Å². The van der Waals surface area contributed by atoms with Crippen LogP contribution in [0.15, 0.2) is 48.5 Å². The van der Waals surface area contributed by atoms with Crippen LogP contribution in [0, 0.1) is 5.82 Å². The second-order valence-electron chi connectivity index (χ2n) is 8.68. The van der Waals surface area contributed by atoms with Crippen LogP contribution in [-0.2, 0) is 12.0 Å². The molecule has 1 heterocycles. The molecular formula is C27H31ClFN3O4. The highest BCUT2D eigenvalue weighted by atomic mass is 35.5. The predicted molar refractivity (Wildman–Crippen MR) is 138 cm³/mol. The molecule has 0 fully saturated rings. The van der Waals surface area contributed by atoms with Gasteiger partial charge in [-0.3, -0.25) is 9.78 Å². The van der Waals surface area contributed by atoms with Crippen molar-refractivity contribution < 1.29 is 23.8 Å². The maximum Gasteiger partial charge on any atom is 0.251 e. The lowest BCUT2D eigenvalue weighted by Crippen LogP contribution is -2.33. The van der Waals surface area contributed by atoms with Gasteiger partial charge in [0.2, 0.25) is 0 Å². The van der Waals surface area contributed by atoms with Crippen molar-refractivity contribution in [1.82, 2.24) is 15.6 Å². The van der Waals surface area contributed by atoms with E-state index in [0.29, 0.717) is 41.3 Å². The fraction of sp³-hybridized carbons (Fsp3) is 0.333. The zero-order valence-corrected chi connectivity index (χ0v) is 21.6. The average molecular weight is 516 g/mol. The molecule has 0 radical (unpaired) electrons. The first kappa shape index (κ1) is 27.4. The number of rotatable bonds is 11. The molecule has 0 saturated heterocycles. The monoisotopic (exact) mass is 515 g/mol. The van der Waals surface area contributed by atoms with Crippen molar-refractivity contribution in [3.63, 3.8) is 0 Å². The minimum atomic E-state index is -0.486.